The van der Waals surface area contributed by atoms with Crippen LogP contribution in [0.25, 0.3) is 0 Å². The minimum absolute atomic E-state index is 0.0864. The maximum atomic E-state index is 11.9. The van der Waals surface area contributed by atoms with Crippen molar-refractivity contribution >= 4 is 9.84 Å². The third kappa shape index (κ3) is 5.10. The van der Waals surface area contributed by atoms with E-state index in [1.165, 1.54) is 24.3 Å². The number of sulfone groups is 1. The van der Waals surface area contributed by atoms with Gasteiger partial charge in [-0.25, -0.2) is 8.42 Å². The second-order valence-electron chi connectivity index (χ2n) is 3.34. The molecule has 7 heteroatoms. The molecular weight excluding hydrogens is 254 g/mol. The molecule has 0 heterocycles. The lowest BCUT2D eigenvalue weighted by atomic mass is 10.2. The van der Waals surface area contributed by atoms with E-state index in [1.807, 2.05) is 0 Å². The summed E-state index contributed by atoms with van der Waals surface area (Å²) in [6, 6.07) is 5.48. The molecule has 1 aromatic carbocycles. The SMILES string of the molecule is O=S(=O)(CCO)Cc1cccc(OC(F)F)c1. The van der Waals surface area contributed by atoms with Crippen LogP contribution in [0.15, 0.2) is 24.3 Å². The van der Waals surface area contributed by atoms with Crippen molar-refractivity contribution in [2.24, 2.45) is 0 Å². The highest BCUT2D eigenvalue weighted by molar-refractivity contribution is 7.90. The number of hydrogen-bond acceptors (Lipinski definition) is 4. The van der Waals surface area contributed by atoms with Gasteiger partial charge >= 0.3 is 6.61 Å². The minimum atomic E-state index is -3.42. The fraction of sp³-hybridized carbons (Fsp3) is 0.400. The number of benzene rings is 1. The second-order valence-corrected chi connectivity index (χ2v) is 5.53. The van der Waals surface area contributed by atoms with E-state index in [2.05, 4.69) is 4.74 Å². The van der Waals surface area contributed by atoms with Gasteiger partial charge in [0.05, 0.1) is 18.1 Å². The van der Waals surface area contributed by atoms with Crippen molar-refractivity contribution in [3.63, 3.8) is 0 Å². The molecule has 0 aliphatic heterocycles. The van der Waals surface area contributed by atoms with E-state index >= 15 is 0 Å². The summed E-state index contributed by atoms with van der Waals surface area (Å²) in [6.45, 7) is -3.41. The number of rotatable bonds is 6. The molecule has 0 aliphatic carbocycles. The first kappa shape index (κ1) is 13.9. The third-order valence-corrected chi connectivity index (χ3v) is 3.49. The molecule has 0 bridgehead atoms. The maximum Gasteiger partial charge on any atom is 0.387 e. The molecule has 17 heavy (non-hydrogen) atoms. The summed E-state index contributed by atoms with van der Waals surface area (Å²) in [7, 11) is -3.42. The van der Waals surface area contributed by atoms with Gasteiger partial charge in [-0.15, -0.1) is 0 Å². The van der Waals surface area contributed by atoms with Gasteiger partial charge in [0.1, 0.15) is 5.75 Å². The Labute approximate surface area is 97.8 Å². The van der Waals surface area contributed by atoms with Crippen molar-refractivity contribution in [3.05, 3.63) is 29.8 Å². The second kappa shape index (κ2) is 5.92. The predicted octanol–water partition coefficient (Wildman–Crippen LogP) is 1.20. The molecular formula is C10H12F2O4S. The van der Waals surface area contributed by atoms with Gasteiger partial charge in [-0.05, 0) is 17.7 Å². The van der Waals surface area contributed by atoms with E-state index in [-0.39, 0.29) is 17.3 Å². The fourth-order valence-electron chi connectivity index (χ4n) is 1.28. The quantitative estimate of drug-likeness (QED) is 0.840. The van der Waals surface area contributed by atoms with Gasteiger partial charge in [0, 0.05) is 0 Å². The number of ether oxygens (including phenoxy) is 1. The molecule has 0 saturated carbocycles. The molecule has 1 N–H and O–H groups in total. The van der Waals surface area contributed by atoms with Crippen molar-refractivity contribution < 1.29 is 27.0 Å². The molecule has 96 valence electrons. The average molecular weight is 266 g/mol. The third-order valence-electron chi connectivity index (χ3n) is 1.91. The lowest BCUT2D eigenvalue weighted by molar-refractivity contribution is -0.0498. The molecule has 0 aliphatic rings. The van der Waals surface area contributed by atoms with E-state index in [0.717, 1.165) is 0 Å². The highest BCUT2D eigenvalue weighted by Gasteiger charge is 2.12. The molecule has 0 unspecified atom stereocenters. The molecule has 1 rings (SSSR count). The lowest BCUT2D eigenvalue weighted by Crippen LogP contribution is -2.12. The van der Waals surface area contributed by atoms with Crippen molar-refractivity contribution in [1.82, 2.24) is 0 Å². The van der Waals surface area contributed by atoms with Crippen molar-refractivity contribution in [2.45, 2.75) is 12.4 Å². The minimum Gasteiger partial charge on any atom is -0.435 e. The molecule has 0 radical (unpaired) electrons. The molecule has 0 spiro atoms. The molecule has 1 aromatic rings. The summed E-state index contributed by atoms with van der Waals surface area (Å²) in [5, 5.41) is 8.55. The summed E-state index contributed by atoms with van der Waals surface area (Å²) in [4.78, 5) is 0. The van der Waals surface area contributed by atoms with Crippen LogP contribution in [0, 0.1) is 0 Å². The normalized spacial score (nSPS) is 11.8. The van der Waals surface area contributed by atoms with Gasteiger partial charge in [0.15, 0.2) is 9.84 Å². The zero-order chi connectivity index (χ0) is 12.9. The highest BCUT2D eigenvalue weighted by atomic mass is 32.2. The summed E-state index contributed by atoms with van der Waals surface area (Å²) in [6.07, 6.45) is 0. The van der Waals surface area contributed by atoms with E-state index in [4.69, 9.17) is 5.11 Å². The van der Waals surface area contributed by atoms with E-state index in [0.29, 0.717) is 5.56 Å². The van der Waals surface area contributed by atoms with Crippen LogP contribution in [-0.2, 0) is 15.6 Å². The zero-order valence-electron chi connectivity index (χ0n) is 8.84. The van der Waals surface area contributed by atoms with Crippen LogP contribution in [0.3, 0.4) is 0 Å². The molecule has 0 atom stereocenters. The summed E-state index contributed by atoms with van der Waals surface area (Å²) in [5.74, 6) is -0.752. The summed E-state index contributed by atoms with van der Waals surface area (Å²) < 4.78 is 50.8. The average Bonchev–Trinajstić information content (AvgIpc) is 2.15. The Balaban J connectivity index is 2.79. The maximum absolute atomic E-state index is 11.9. The first-order valence-electron chi connectivity index (χ1n) is 4.78. The molecule has 0 fully saturated rings. The van der Waals surface area contributed by atoms with Crippen molar-refractivity contribution in [3.8, 4) is 5.75 Å². The monoisotopic (exact) mass is 266 g/mol. The van der Waals surface area contributed by atoms with Gasteiger partial charge in [-0.3, -0.25) is 0 Å². The summed E-state index contributed by atoms with van der Waals surface area (Å²) >= 11 is 0. The smallest absolute Gasteiger partial charge is 0.387 e. The Morgan fingerprint density at radius 2 is 2.06 bits per heavy atom. The Hall–Kier alpha value is -1.21. The first-order chi connectivity index (χ1) is 7.93. The van der Waals surface area contributed by atoms with Crippen LogP contribution in [0.2, 0.25) is 0 Å². The molecule has 0 aromatic heterocycles. The van der Waals surface area contributed by atoms with E-state index in [9.17, 15) is 17.2 Å². The van der Waals surface area contributed by atoms with Crippen LogP contribution in [0.4, 0.5) is 8.78 Å². The molecule has 4 nitrogen and oxygen atoms in total. The van der Waals surface area contributed by atoms with Crippen molar-refractivity contribution in [2.75, 3.05) is 12.4 Å². The Morgan fingerprint density at radius 3 is 2.65 bits per heavy atom. The zero-order valence-corrected chi connectivity index (χ0v) is 9.66. The number of hydrogen-bond donors (Lipinski definition) is 1. The van der Waals surface area contributed by atoms with E-state index < -0.39 is 23.1 Å². The van der Waals surface area contributed by atoms with Crippen LogP contribution >= 0.6 is 0 Å². The Bertz CT molecular complexity index is 459. The van der Waals surface area contributed by atoms with Gasteiger partial charge in [0.25, 0.3) is 0 Å². The Morgan fingerprint density at radius 1 is 1.35 bits per heavy atom. The van der Waals surface area contributed by atoms with Crippen LogP contribution in [0.1, 0.15) is 5.56 Å². The molecule has 0 saturated heterocycles. The van der Waals surface area contributed by atoms with E-state index in [1.54, 1.807) is 0 Å². The van der Waals surface area contributed by atoms with Crippen LogP contribution in [-0.4, -0.2) is 32.5 Å². The van der Waals surface area contributed by atoms with Gasteiger partial charge in [-0.2, -0.15) is 8.78 Å². The number of aliphatic hydroxyl groups excluding tert-OH is 1. The number of alkyl halides is 2. The lowest BCUT2D eigenvalue weighted by Gasteiger charge is -2.07. The van der Waals surface area contributed by atoms with Gasteiger partial charge < -0.3 is 9.84 Å². The largest absolute Gasteiger partial charge is 0.435 e. The van der Waals surface area contributed by atoms with Crippen LogP contribution in [0.5, 0.6) is 5.75 Å². The molecule has 0 amide bonds. The van der Waals surface area contributed by atoms with Crippen molar-refractivity contribution in [1.29, 1.82) is 0 Å². The van der Waals surface area contributed by atoms with Gasteiger partial charge in [-0.1, -0.05) is 12.1 Å². The Kier molecular flexibility index (Phi) is 4.83. The first-order valence-corrected chi connectivity index (χ1v) is 6.60. The predicted molar refractivity (Wildman–Crippen MR) is 57.7 cm³/mol. The number of aliphatic hydroxyl groups is 1. The highest BCUT2D eigenvalue weighted by Crippen LogP contribution is 2.17. The standard InChI is InChI=1S/C10H12F2O4S/c11-10(12)16-9-3-1-2-8(6-9)7-17(14,15)5-4-13/h1-3,6,10,13H,4-5,7H2. The van der Waals surface area contributed by atoms with Crippen LogP contribution < -0.4 is 4.74 Å². The van der Waals surface area contributed by atoms with Gasteiger partial charge in [0.2, 0.25) is 0 Å². The topological polar surface area (TPSA) is 63.6 Å². The summed E-state index contributed by atoms with van der Waals surface area (Å²) in [5.41, 5.74) is 0.344. The number of halogens is 2. The fourth-order valence-corrected chi connectivity index (χ4v) is 2.39.